The first kappa shape index (κ1) is 26.8. The van der Waals surface area contributed by atoms with E-state index in [1.807, 2.05) is 42.5 Å². The fraction of sp³-hybridized carbons (Fsp3) is 0.414. The number of amides is 1. The summed E-state index contributed by atoms with van der Waals surface area (Å²) in [6, 6.07) is 17.9. The summed E-state index contributed by atoms with van der Waals surface area (Å²) in [4.78, 5) is 27.0. The van der Waals surface area contributed by atoms with Gasteiger partial charge in [-0.15, -0.1) is 0 Å². The zero-order valence-corrected chi connectivity index (χ0v) is 23.3. The molecule has 3 aromatic rings. The van der Waals surface area contributed by atoms with E-state index in [1.165, 1.54) is 0 Å². The Morgan fingerprint density at radius 1 is 1.08 bits per heavy atom. The number of piperazine rings is 1. The summed E-state index contributed by atoms with van der Waals surface area (Å²) in [5.74, 6) is 1.61. The number of aromatic nitrogens is 2. The largest absolute Gasteiger partial charge is 0.376 e. The van der Waals surface area contributed by atoms with E-state index >= 15 is 0 Å². The normalized spacial score (nSPS) is 17.6. The molecule has 1 aromatic heterocycles. The smallest absolute Gasteiger partial charge is 0.251 e. The van der Waals surface area contributed by atoms with Crippen LogP contribution in [0.25, 0.3) is 0 Å². The minimum absolute atomic E-state index is 0.0604. The van der Waals surface area contributed by atoms with Gasteiger partial charge in [0.05, 0.1) is 16.8 Å². The lowest BCUT2D eigenvalue weighted by atomic mass is 10.1. The molecule has 0 unspecified atom stereocenters. The SMILES string of the molecule is CCc1cc(N2CCN(c3ccccc3Cl)CC2)nc(SCc2cccc(C(=O)NC[C@H]3CCCO3)c2)n1. The van der Waals surface area contributed by atoms with Crippen molar-refractivity contribution < 1.29 is 9.53 Å². The predicted molar refractivity (Wildman–Crippen MR) is 155 cm³/mol. The Hall–Kier alpha value is -2.81. The third-order valence-electron chi connectivity index (χ3n) is 6.98. The van der Waals surface area contributed by atoms with Gasteiger partial charge < -0.3 is 19.9 Å². The van der Waals surface area contributed by atoms with Gasteiger partial charge in [-0.25, -0.2) is 9.97 Å². The molecule has 0 bridgehead atoms. The molecule has 1 atom stereocenters. The molecule has 7 nitrogen and oxygen atoms in total. The maximum absolute atomic E-state index is 12.6. The van der Waals surface area contributed by atoms with Gasteiger partial charge in [-0.3, -0.25) is 4.79 Å². The van der Waals surface area contributed by atoms with Crippen LogP contribution in [0.3, 0.4) is 0 Å². The molecule has 0 spiro atoms. The lowest BCUT2D eigenvalue weighted by molar-refractivity contribution is 0.0857. The van der Waals surface area contributed by atoms with Crippen molar-refractivity contribution in [1.29, 1.82) is 0 Å². The average molecular weight is 552 g/mol. The molecule has 2 fully saturated rings. The van der Waals surface area contributed by atoms with E-state index in [0.717, 1.165) is 85.0 Å². The number of ether oxygens (including phenoxy) is 1. The van der Waals surface area contributed by atoms with Gasteiger partial charge in [-0.2, -0.15) is 0 Å². The maximum atomic E-state index is 12.6. The van der Waals surface area contributed by atoms with Crippen molar-refractivity contribution in [3.63, 3.8) is 0 Å². The van der Waals surface area contributed by atoms with Crippen LogP contribution in [0, 0.1) is 0 Å². The number of halogens is 1. The van der Waals surface area contributed by atoms with Gasteiger partial charge in [-0.1, -0.05) is 54.6 Å². The highest BCUT2D eigenvalue weighted by Crippen LogP contribution is 2.28. The number of para-hydroxylation sites is 1. The molecule has 1 N–H and O–H groups in total. The minimum atomic E-state index is -0.0604. The summed E-state index contributed by atoms with van der Waals surface area (Å²) >= 11 is 8.03. The third-order valence-corrected chi connectivity index (χ3v) is 8.21. The van der Waals surface area contributed by atoms with E-state index in [9.17, 15) is 4.79 Å². The summed E-state index contributed by atoms with van der Waals surface area (Å²) < 4.78 is 5.61. The molecule has 9 heteroatoms. The summed E-state index contributed by atoms with van der Waals surface area (Å²) in [5.41, 5.74) is 3.86. The van der Waals surface area contributed by atoms with E-state index < -0.39 is 0 Å². The number of aryl methyl sites for hydroxylation is 1. The van der Waals surface area contributed by atoms with Gasteiger partial charge in [0.1, 0.15) is 5.82 Å². The summed E-state index contributed by atoms with van der Waals surface area (Å²) in [6.45, 7) is 6.99. The number of carbonyl (C=O) groups is 1. The molecule has 2 aromatic carbocycles. The molecule has 3 heterocycles. The van der Waals surface area contributed by atoms with Crippen molar-refractivity contribution in [1.82, 2.24) is 15.3 Å². The highest BCUT2D eigenvalue weighted by molar-refractivity contribution is 7.98. The fourth-order valence-electron chi connectivity index (χ4n) is 4.82. The third kappa shape index (κ3) is 6.79. The Morgan fingerprint density at radius 2 is 1.89 bits per heavy atom. The second-order valence-corrected chi connectivity index (χ2v) is 11.0. The van der Waals surface area contributed by atoms with Crippen LogP contribution in [0.4, 0.5) is 11.5 Å². The summed E-state index contributed by atoms with van der Waals surface area (Å²) in [6.07, 6.45) is 3.05. The number of rotatable bonds is 9. The van der Waals surface area contributed by atoms with Crippen molar-refractivity contribution in [3.8, 4) is 0 Å². The molecular formula is C29H34ClN5O2S. The summed E-state index contributed by atoms with van der Waals surface area (Å²) in [5, 5.41) is 4.56. The first-order valence-electron chi connectivity index (χ1n) is 13.3. The van der Waals surface area contributed by atoms with Crippen LogP contribution in [0.5, 0.6) is 0 Å². The van der Waals surface area contributed by atoms with Crippen molar-refractivity contribution in [3.05, 3.63) is 76.4 Å². The quantitative estimate of drug-likeness (QED) is 0.289. The van der Waals surface area contributed by atoms with Gasteiger partial charge in [-0.05, 0) is 49.1 Å². The predicted octanol–water partition coefficient (Wildman–Crippen LogP) is 5.22. The molecular weight excluding hydrogens is 518 g/mol. The van der Waals surface area contributed by atoms with Crippen LogP contribution in [-0.2, 0) is 16.9 Å². The van der Waals surface area contributed by atoms with Crippen LogP contribution in [0.2, 0.25) is 5.02 Å². The molecule has 2 saturated heterocycles. The molecule has 1 amide bonds. The second kappa shape index (κ2) is 12.8. The number of benzene rings is 2. The number of anilines is 2. The number of hydrogen-bond acceptors (Lipinski definition) is 7. The van der Waals surface area contributed by atoms with Crippen LogP contribution in [0.15, 0.2) is 59.8 Å². The van der Waals surface area contributed by atoms with E-state index in [2.05, 4.69) is 34.2 Å². The van der Waals surface area contributed by atoms with E-state index in [0.29, 0.717) is 17.9 Å². The highest BCUT2D eigenvalue weighted by atomic mass is 35.5. The lowest BCUT2D eigenvalue weighted by Crippen LogP contribution is -2.47. The van der Waals surface area contributed by atoms with Crippen LogP contribution in [0.1, 0.15) is 41.4 Å². The minimum Gasteiger partial charge on any atom is -0.376 e. The van der Waals surface area contributed by atoms with Gasteiger partial charge in [0, 0.05) is 62.4 Å². The van der Waals surface area contributed by atoms with Crippen molar-refractivity contribution >= 4 is 40.8 Å². The monoisotopic (exact) mass is 551 g/mol. The Kier molecular flexibility index (Phi) is 9.04. The van der Waals surface area contributed by atoms with Crippen molar-refractivity contribution in [2.24, 2.45) is 0 Å². The van der Waals surface area contributed by atoms with Crippen molar-refractivity contribution in [2.45, 2.75) is 43.2 Å². The number of nitrogens with one attached hydrogen (secondary N) is 1. The first-order valence-corrected chi connectivity index (χ1v) is 14.7. The molecule has 38 heavy (non-hydrogen) atoms. The van der Waals surface area contributed by atoms with Crippen LogP contribution in [-0.4, -0.2) is 61.3 Å². The van der Waals surface area contributed by atoms with Gasteiger partial charge >= 0.3 is 0 Å². The maximum Gasteiger partial charge on any atom is 0.251 e. The van der Waals surface area contributed by atoms with Crippen LogP contribution < -0.4 is 15.1 Å². The number of nitrogens with zero attached hydrogens (tertiary/aromatic N) is 4. The Labute approximate surface area is 233 Å². The van der Waals surface area contributed by atoms with E-state index in [1.54, 1.807) is 11.8 Å². The lowest BCUT2D eigenvalue weighted by Gasteiger charge is -2.37. The molecule has 2 aliphatic rings. The zero-order chi connectivity index (χ0) is 26.3. The highest BCUT2D eigenvalue weighted by Gasteiger charge is 2.21. The molecule has 0 aliphatic carbocycles. The van der Waals surface area contributed by atoms with Gasteiger partial charge in [0.25, 0.3) is 5.91 Å². The Morgan fingerprint density at radius 3 is 2.66 bits per heavy atom. The Bertz CT molecular complexity index is 1250. The molecule has 5 rings (SSSR count). The molecule has 0 saturated carbocycles. The van der Waals surface area contributed by atoms with Gasteiger partial charge in [0.2, 0.25) is 0 Å². The van der Waals surface area contributed by atoms with E-state index in [-0.39, 0.29) is 12.0 Å². The zero-order valence-electron chi connectivity index (χ0n) is 21.7. The standard InChI is InChI=1S/C29H34ClN5O2S/c1-2-23-18-27(35-14-12-34(13-15-35)26-11-4-3-10-25(26)30)33-29(32-23)38-20-21-7-5-8-22(17-21)28(36)31-19-24-9-6-16-37-24/h3-5,7-8,10-11,17-18,24H,2,6,9,12-16,19-20H2,1H3,(H,31,36)/t24-/m1/s1. The number of carbonyl (C=O) groups excluding carboxylic acids is 1. The molecule has 200 valence electrons. The number of thioether (sulfide) groups is 1. The topological polar surface area (TPSA) is 70.6 Å². The molecule has 2 aliphatic heterocycles. The fourth-order valence-corrected chi connectivity index (χ4v) is 5.89. The molecule has 0 radical (unpaired) electrons. The van der Waals surface area contributed by atoms with E-state index in [4.69, 9.17) is 26.3 Å². The summed E-state index contributed by atoms with van der Waals surface area (Å²) in [7, 11) is 0. The van der Waals surface area contributed by atoms with Crippen LogP contribution >= 0.6 is 23.4 Å². The second-order valence-electron chi connectivity index (χ2n) is 9.61. The van der Waals surface area contributed by atoms with Gasteiger partial charge in [0.15, 0.2) is 5.16 Å². The average Bonchev–Trinajstić information content (AvgIpc) is 3.49. The Balaban J connectivity index is 1.20. The van der Waals surface area contributed by atoms with Crippen molar-refractivity contribution in [2.75, 3.05) is 49.1 Å². The number of hydrogen-bond donors (Lipinski definition) is 1. The first-order chi connectivity index (χ1) is 18.6.